The summed E-state index contributed by atoms with van der Waals surface area (Å²) < 4.78 is 0. The Bertz CT molecular complexity index is 588. The third-order valence-corrected chi connectivity index (χ3v) is 4.93. The van der Waals surface area contributed by atoms with Crippen molar-refractivity contribution in [2.45, 2.75) is 32.6 Å². The molecule has 124 valence electrons. The number of hydrogen-bond donors (Lipinski definition) is 2. The number of carbonyl (C=O) groups excluding carboxylic acids is 2. The van der Waals surface area contributed by atoms with E-state index in [4.69, 9.17) is 0 Å². The number of carbonyl (C=O) groups is 2. The standard InChI is InChI=1S/C18H25N3O2/c1-13-15(18(23)21-11-2-3-12-21)5-4-6-16(13)20-17(22)14-7-9-19-10-8-14/h4-6,14,19H,2-3,7-12H2,1H3,(H,20,22). The van der Waals surface area contributed by atoms with E-state index in [0.717, 1.165) is 63.1 Å². The molecule has 0 unspecified atom stereocenters. The number of hydrogen-bond acceptors (Lipinski definition) is 3. The fraction of sp³-hybridized carbons (Fsp3) is 0.556. The lowest BCUT2D eigenvalue weighted by atomic mass is 9.96. The topological polar surface area (TPSA) is 61.4 Å². The van der Waals surface area contributed by atoms with Gasteiger partial charge in [0.1, 0.15) is 0 Å². The van der Waals surface area contributed by atoms with E-state index in [1.54, 1.807) is 0 Å². The maximum atomic E-state index is 12.6. The number of anilines is 1. The average Bonchev–Trinajstić information content (AvgIpc) is 3.11. The van der Waals surface area contributed by atoms with E-state index in [0.29, 0.717) is 5.56 Å². The van der Waals surface area contributed by atoms with Gasteiger partial charge in [-0.2, -0.15) is 0 Å². The Morgan fingerprint density at radius 2 is 1.87 bits per heavy atom. The fourth-order valence-corrected chi connectivity index (χ4v) is 3.41. The number of nitrogens with zero attached hydrogens (tertiary/aromatic N) is 1. The van der Waals surface area contributed by atoms with Crippen molar-refractivity contribution in [2.75, 3.05) is 31.5 Å². The van der Waals surface area contributed by atoms with Crippen LogP contribution in [-0.4, -0.2) is 42.9 Å². The van der Waals surface area contributed by atoms with Gasteiger partial charge in [-0.3, -0.25) is 9.59 Å². The smallest absolute Gasteiger partial charge is 0.254 e. The molecule has 23 heavy (non-hydrogen) atoms. The molecule has 2 aliphatic rings. The summed E-state index contributed by atoms with van der Waals surface area (Å²) in [6, 6.07) is 5.60. The Kier molecular flexibility index (Phi) is 4.96. The summed E-state index contributed by atoms with van der Waals surface area (Å²) in [5.41, 5.74) is 2.33. The molecule has 5 nitrogen and oxygen atoms in total. The van der Waals surface area contributed by atoms with Gasteiger partial charge in [0, 0.05) is 30.3 Å². The first kappa shape index (κ1) is 16.0. The van der Waals surface area contributed by atoms with Gasteiger partial charge in [-0.05, 0) is 63.4 Å². The van der Waals surface area contributed by atoms with Gasteiger partial charge in [-0.1, -0.05) is 6.07 Å². The molecule has 1 aromatic carbocycles. The van der Waals surface area contributed by atoms with Gasteiger partial charge < -0.3 is 15.5 Å². The third-order valence-electron chi connectivity index (χ3n) is 4.93. The summed E-state index contributed by atoms with van der Waals surface area (Å²) >= 11 is 0. The lowest BCUT2D eigenvalue weighted by Gasteiger charge is -2.23. The van der Waals surface area contributed by atoms with Gasteiger partial charge in [-0.25, -0.2) is 0 Å². The third kappa shape index (κ3) is 3.55. The minimum Gasteiger partial charge on any atom is -0.339 e. The lowest BCUT2D eigenvalue weighted by molar-refractivity contribution is -0.120. The van der Waals surface area contributed by atoms with Gasteiger partial charge >= 0.3 is 0 Å². The van der Waals surface area contributed by atoms with Gasteiger partial charge in [-0.15, -0.1) is 0 Å². The minimum atomic E-state index is 0.0635. The van der Waals surface area contributed by atoms with Crippen LogP contribution in [0.25, 0.3) is 0 Å². The number of piperidine rings is 1. The molecule has 2 N–H and O–H groups in total. The molecular formula is C18H25N3O2. The zero-order chi connectivity index (χ0) is 16.2. The first-order valence-electron chi connectivity index (χ1n) is 8.57. The molecule has 0 aliphatic carbocycles. The quantitative estimate of drug-likeness (QED) is 0.898. The summed E-state index contributed by atoms with van der Waals surface area (Å²) in [6.07, 6.45) is 3.91. The SMILES string of the molecule is Cc1c(NC(=O)C2CCNCC2)cccc1C(=O)N1CCCC1. The van der Waals surface area contributed by atoms with Crippen molar-refractivity contribution in [3.8, 4) is 0 Å². The first-order valence-corrected chi connectivity index (χ1v) is 8.57. The number of amides is 2. The van der Waals surface area contributed by atoms with Gasteiger partial charge in [0.05, 0.1) is 0 Å². The second kappa shape index (κ2) is 7.13. The Morgan fingerprint density at radius 1 is 1.17 bits per heavy atom. The van der Waals surface area contributed by atoms with Crippen molar-refractivity contribution in [1.29, 1.82) is 0 Å². The summed E-state index contributed by atoms with van der Waals surface area (Å²) in [4.78, 5) is 26.9. The van der Waals surface area contributed by atoms with Crippen LogP contribution in [-0.2, 0) is 4.79 Å². The van der Waals surface area contributed by atoms with E-state index in [9.17, 15) is 9.59 Å². The molecule has 2 amide bonds. The van der Waals surface area contributed by atoms with Crippen LogP contribution in [0.2, 0.25) is 0 Å². The summed E-state index contributed by atoms with van der Waals surface area (Å²) in [7, 11) is 0. The van der Waals surface area contributed by atoms with Crippen molar-refractivity contribution in [3.05, 3.63) is 29.3 Å². The molecule has 0 radical (unpaired) electrons. The molecule has 2 heterocycles. The highest BCUT2D eigenvalue weighted by Gasteiger charge is 2.24. The molecule has 0 bridgehead atoms. The molecule has 5 heteroatoms. The average molecular weight is 315 g/mol. The molecule has 0 aromatic heterocycles. The van der Waals surface area contributed by atoms with E-state index in [-0.39, 0.29) is 17.7 Å². The van der Waals surface area contributed by atoms with Crippen LogP contribution in [0.4, 0.5) is 5.69 Å². The second-order valence-corrected chi connectivity index (χ2v) is 6.49. The van der Waals surface area contributed by atoms with Crippen molar-refractivity contribution < 1.29 is 9.59 Å². The van der Waals surface area contributed by atoms with Gasteiger partial charge in [0.2, 0.25) is 5.91 Å². The normalized spacial score (nSPS) is 18.9. The highest BCUT2D eigenvalue weighted by Crippen LogP contribution is 2.23. The van der Waals surface area contributed by atoms with Crippen LogP contribution in [0.15, 0.2) is 18.2 Å². The van der Waals surface area contributed by atoms with Crippen molar-refractivity contribution in [1.82, 2.24) is 10.2 Å². The molecule has 2 fully saturated rings. The molecule has 2 saturated heterocycles. The number of benzene rings is 1. The van der Waals surface area contributed by atoms with E-state index in [1.165, 1.54) is 0 Å². The lowest BCUT2D eigenvalue weighted by Crippen LogP contribution is -2.35. The van der Waals surface area contributed by atoms with E-state index < -0.39 is 0 Å². The molecule has 1 aromatic rings. The Balaban J connectivity index is 1.73. The van der Waals surface area contributed by atoms with E-state index >= 15 is 0 Å². The molecule has 0 spiro atoms. The van der Waals surface area contributed by atoms with E-state index in [2.05, 4.69) is 10.6 Å². The highest BCUT2D eigenvalue weighted by atomic mass is 16.2. The molecular weight excluding hydrogens is 290 g/mol. The van der Waals surface area contributed by atoms with Crippen LogP contribution in [0.1, 0.15) is 41.6 Å². The zero-order valence-electron chi connectivity index (χ0n) is 13.7. The predicted molar refractivity (Wildman–Crippen MR) is 90.5 cm³/mol. The molecule has 2 aliphatic heterocycles. The highest BCUT2D eigenvalue weighted by molar-refractivity contribution is 5.99. The largest absolute Gasteiger partial charge is 0.339 e. The van der Waals surface area contributed by atoms with Crippen molar-refractivity contribution in [3.63, 3.8) is 0 Å². The molecule has 3 rings (SSSR count). The summed E-state index contributed by atoms with van der Waals surface area (Å²) in [5.74, 6) is 0.215. The minimum absolute atomic E-state index is 0.0635. The number of nitrogens with one attached hydrogen (secondary N) is 2. The molecule has 0 saturated carbocycles. The van der Waals surface area contributed by atoms with Crippen LogP contribution < -0.4 is 10.6 Å². The maximum Gasteiger partial charge on any atom is 0.254 e. The number of likely N-dealkylation sites (tertiary alicyclic amines) is 1. The van der Waals surface area contributed by atoms with Gasteiger partial charge in [0.25, 0.3) is 5.91 Å². The van der Waals surface area contributed by atoms with Crippen LogP contribution in [0.5, 0.6) is 0 Å². The first-order chi connectivity index (χ1) is 11.2. The Hall–Kier alpha value is -1.88. The van der Waals surface area contributed by atoms with Crippen LogP contribution in [0, 0.1) is 12.8 Å². The van der Waals surface area contributed by atoms with Crippen molar-refractivity contribution in [2.24, 2.45) is 5.92 Å². The van der Waals surface area contributed by atoms with E-state index in [1.807, 2.05) is 30.0 Å². The molecule has 0 atom stereocenters. The maximum absolute atomic E-state index is 12.6. The zero-order valence-corrected chi connectivity index (χ0v) is 13.7. The monoisotopic (exact) mass is 315 g/mol. The number of rotatable bonds is 3. The summed E-state index contributed by atoms with van der Waals surface area (Å²) in [5, 5.41) is 6.30. The van der Waals surface area contributed by atoms with Crippen LogP contribution in [0.3, 0.4) is 0 Å². The Morgan fingerprint density at radius 3 is 2.57 bits per heavy atom. The van der Waals surface area contributed by atoms with Crippen LogP contribution >= 0.6 is 0 Å². The van der Waals surface area contributed by atoms with Crippen molar-refractivity contribution >= 4 is 17.5 Å². The fourth-order valence-electron chi connectivity index (χ4n) is 3.41. The van der Waals surface area contributed by atoms with Gasteiger partial charge in [0.15, 0.2) is 0 Å². The predicted octanol–water partition coefficient (Wildman–Crippen LogP) is 2.17. The second-order valence-electron chi connectivity index (χ2n) is 6.49. The summed E-state index contributed by atoms with van der Waals surface area (Å²) in [6.45, 7) is 5.38. The Labute approximate surface area is 137 Å².